The van der Waals surface area contributed by atoms with Crippen LogP contribution in [0.5, 0.6) is 0 Å². The second-order valence-corrected chi connectivity index (χ2v) is 4.57. The fourth-order valence-electron chi connectivity index (χ4n) is 1.43. The first-order valence-corrected chi connectivity index (χ1v) is 4.81. The van der Waals surface area contributed by atoms with Crippen LogP contribution in [-0.4, -0.2) is 0 Å². The van der Waals surface area contributed by atoms with Crippen LogP contribution in [-0.2, 0) is 11.3 Å². The van der Waals surface area contributed by atoms with Crippen molar-refractivity contribution >= 4 is 11.6 Å². The Kier molecular flexibility index (Phi) is 3.16. The Morgan fingerprint density at radius 2 is 2.00 bits per heavy atom. The number of alkyl halides is 1. The number of benzene rings is 1. The summed E-state index contributed by atoms with van der Waals surface area (Å²) in [7, 11) is 0. The maximum absolute atomic E-state index is 6.27. The molecule has 1 aromatic carbocycles. The third-order valence-corrected chi connectivity index (χ3v) is 2.23. The van der Waals surface area contributed by atoms with Crippen molar-refractivity contribution in [2.75, 3.05) is 0 Å². The molecule has 0 N–H and O–H groups in total. The lowest BCUT2D eigenvalue weighted by Crippen LogP contribution is -2.10. The van der Waals surface area contributed by atoms with E-state index in [4.69, 9.17) is 11.6 Å². The third-order valence-electron chi connectivity index (χ3n) is 2.02. The number of hydrogen-bond donors (Lipinski definition) is 0. The second kappa shape index (κ2) is 3.97. The zero-order valence-corrected chi connectivity index (χ0v) is 8.93. The summed E-state index contributed by atoms with van der Waals surface area (Å²) in [5.41, 5.74) is 2.45. The van der Waals surface area contributed by atoms with Crippen molar-refractivity contribution in [3.8, 4) is 0 Å². The Balaban J connectivity index is 3.11. The van der Waals surface area contributed by atoms with Crippen LogP contribution in [0, 0.1) is 0 Å². The summed E-state index contributed by atoms with van der Waals surface area (Å²) < 4.78 is 0. The molecule has 0 saturated heterocycles. The standard InChI is InChI=1S/C12H15Cl/c1-4-7-10-8-5-6-9-11(10)12(2,3)13/h4-6,8-9H,1,7H2,2-3H3. The van der Waals surface area contributed by atoms with Gasteiger partial charge in [-0.15, -0.1) is 18.2 Å². The minimum absolute atomic E-state index is 0.292. The molecule has 1 aromatic rings. The van der Waals surface area contributed by atoms with E-state index < -0.39 is 0 Å². The smallest absolute Gasteiger partial charge is 0.0641 e. The lowest BCUT2D eigenvalue weighted by atomic mass is 9.95. The molecule has 0 aliphatic heterocycles. The predicted octanol–water partition coefficient (Wildman–Crippen LogP) is 3.89. The minimum Gasteiger partial charge on any atom is -0.115 e. The Hall–Kier alpha value is -0.750. The van der Waals surface area contributed by atoms with Crippen LogP contribution in [0.25, 0.3) is 0 Å². The normalized spacial score (nSPS) is 11.3. The average molecular weight is 195 g/mol. The Bertz CT molecular complexity index is 294. The van der Waals surface area contributed by atoms with E-state index in [0.717, 1.165) is 6.42 Å². The molecule has 0 aliphatic rings. The van der Waals surface area contributed by atoms with Crippen LogP contribution in [0.3, 0.4) is 0 Å². The van der Waals surface area contributed by atoms with Crippen molar-refractivity contribution in [1.29, 1.82) is 0 Å². The van der Waals surface area contributed by atoms with Gasteiger partial charge in [-0.25, -0.2) is 0 Å². The highest BCUT2D eigenvalue weighted by molar-refractivity contribution is 6.23. The molecule has 0 atom stereocenters. The SMILES string of the molecule is C=CCc1ccccc1C(C)(C)Cl. The molecule has 0 fully saturated rings. The van der Waals surface area contributed by atoms with Gasteiger partial charge in [-0.1, -0.05) is 30.3 Å². The summed E-state index contributed by atoms with van der Waals surface area (Å²) in [5.74, 6) is 0. The van der Waals surface area contributed by atoms with Crippen LogP contribution < -0.4 is 0 Å². The Morgan fingerprint density at radius 1 is 1.38 bits per heavy atom. The van der Waals surface area contributed by atoms with E-state index in [1.54, 1.807) is 0 Å². The van der Waals surface area contributed by atoms with Crippen molar-refractivity contribution in [2.24, 2.45) is 0 Å². The van der Waals surface area contributed by atoms with E-state index in [0.29, 0.717) is 0 Å². The predicted molar refractivity (Wildman–Crippen MR) is 59.2 cm³/mol. The number of rotatable bonds is 3. The molecule has 0 nitrogen and oxygen atoms in total. The number of allylic oxidation sites excluding steroid dienone is 1. The number of halogens is 1. The van der Waals surface area contributed by atoms with Gasteiger partial charge in [0.1, 0.15) is 0 Å². The van der Waals surface area contributed by atoms with E-state index in [1.165, 1.54) is 11.1 Å². The van der Waals surface area contributed by atoms with Crippen molar-refractivity contribution in [2.45, 2.75) is 25.1 Å². The first-order valence-electron chi connectivity index (χ1n) is 4.44. The molecule has 13 heavy (non-hydrogen) atoms. The maximum Gasteiger partial charge on any atom is 0.0641 e. The van der Waals surface area contributed by atoms with Gasteiger partial charge in [-0.05, 0) is 31.4 Å². The Morgan fingerprint density at radius 3 is 2.54 bits per heavy atom. The van der Waals surface area contributed by atoms with Crippen molar-refractivity contribution in [3.05, 3.63) is 48.0 Å². The molecule has 70 valence electrons. The van der Waals surface area contributed by atoms with Crippen molar-refractivity contribution in [3.63, 3.8) is 0 Å². The molecular weight excluding hydrogens is 180 g/mol. The molecule has 0 aromatic heterocycles. The second-order valence-electron chi connectivity index (χ2n) is 3.62. The largest absolute Gasteiger partial charge is 0.115 e. The average Bonchev–Trinajstić information content (AvgIpc) is 2.04. The van der Waals surface area contributed by atoms with Gasteiger partial charge in [-0.2, -0.15) is 0 Å². The van der Waals surface area contributed by atoms with Crippen LogP contribution >= 0.6 is 11.6 Å². The van der Waals surface area contributed by atoms with Gasteiger partial charge < -0.3 is 0 Å². The van der Waals surface area contributed by atoms with Gasteiger partial charge >= 0.3 is 0 Å². The number of hydrogen-bond acceptors (Lipinski definition) is 0. The molecule has 0 bridgehead atoms. The van der Waals surface area contributed by atoms with E-state index in [2.05, 4.69) is 18.7 Å². The molecule has 0 spiro atoms. The zero-order valence-electron chi connectivity index (χ0n) is 8.18. The van der Waals surface area contributed by atoms with Gasteiger partial charge in [0.15, 0.2) is 0 Å². The van der Waals surface area contributed by atoms with Gasteiger partial charge in [0.25, 0.3) is 0 Å². The lowest BCUT2D eigenvalue weighted by molar-refractivity contribution is 0.755. The monoisotopic (exact) mass is 194 g/mol. The lowest BCUT2D eigenvalue weighted by Gasteiger charge is -2.19. The van der Waals surface area contributed by atoms with Crippen LogP contribution in [0.1, 0.15) is 25.0 Å². The van der Waals surface area contributed by atoms with Gasteiger partial charge in [0, 0.05) is 0 Å². The van der Waals surface area contributed by atoms with E-state index in [-0.39, 0.29) is 4.87 Å². The highest BCUT2D eigenvalue weighted by Crippen LogP contribution is 2.30. The molecule has 0 radical (unpaired) electrons. The fraction of sp³-hybridized carbons (Fsp3) is 0.333. The molecule has 1 rings (SSSR count). The summed E-state index contributed by atoms with van der Waals surface area (Å²) in [5, 5.41) is 0. The van der Waals surface area contributed by atoms with Crippen LogP contribution in [0.15, 0.2) is 36.9 Å². The molecule has 1 heteroatoms. The van der Waals surface area contributed by atoms with Gasteiger partial charge in [0.05, 0.1) is 4.87 Å². The third kappa shape index (κ3) is 2.60. The quantitative estimate of drug-likeness (QED) is 0.506. The summed E-state index contributed by atoms with van der Waals surface area (Å²) >= 11 is 6.27. The maximum atomic E-state index is 6.27. The molecular formula is C12H15Cl. The van der Waals surface area contributed by atoms with E-state index in [9.17, 15) is 0 Å². The summed E-state index contributed by atoms with van der Waals surface area (Å²) in [6, 6.07) is 8.23. The fourth-order valence-corrected chi connectivity index (χ4v) is 1.62. The van der Waals surface area contributed by atoms with Gasteiger partial charge in [-0.3, -0.25) is 0 Å². The first-order chi connectivity index (χ1) is 6.05. The van der Waals surface area contributed by atoms with Crippen LogP contribution in [0.2, 0.25) is 0 Å². The molecule has 0 amide bonds. The molecule has 0 heterocycles. The summed E-state index contributed by atoms with van der Waals surface area (Å²) in [6.45, 7) is 7.76. The zero-order chi connectivity index (χ0) is 9.90. The summed E-state index contributed by atoms with van der Waals surface area (Å²) in [4.78, 5) is -0.292. The molecule has 0 unspecified atom stereocenters. The van der Waals surface area contributed by atoms with E-state index >= 15 is 0 Å². The highest BCUT2D eigenvalue weighted by Gasteiger charge is 2.18. The topological polar surface area (TPSA) is 0 Å². The molecule has 0 aliphatic carbocycles. The minimum atomic E-state index is -0.292. The van der Waals surface area contributed by atoms with Crippen molar-refractivity contribution in [1.82, 2.24) is 0 Å². The van der Waals surface area contributed by atoms with Crippen LogP contribution in [0.4, 0.5) is 0 Å². The highest BCUT2D eigenvalue weighted by atomic mass is 35.5. The summed E-state index contributed by atoms with van der Waals surface area (Å²) in [6.07, 6.45) is 2.79. The van der Waals surface area contributed by atoms with Gasteiger partial charge in [0.2, 0.25) is 0 Å². The van der Waals surface area contributed by atoms with E-state index in [1.807, 2.05) is 32.1 Å². The van der Waals surface area contributed by atoms with Crippen molar-refractivity contribution < 1.29 is 0 Å². The first kappa shape index (κ1) is 10.3. The Labute approximate surface area is 85.2 Å². The molecule has 0 saturated carbocycles.